The summed E-state index contributed by atoms with van der Waals surface area (Å²) in [7, 11) is 0. The van der Waals surface area contributed by atoms with E-state index < -0.39 is 18.4 Å². The third kappa shape index (κ3) is 2.23. The molecule has 0 saturated carbocycles. The van der Waals surface area contributed by atoms with Crippen molar-refractivity contribution in [1.82, 2.24) is 0 Å². The summed E-state index contributed by atoms with van der Waals surface area (Å²) in [4.78, 5) is 0. The average Bonchev–Trinajstić information content (AvgIpc) is 1.62. The van der Waals surface area contributed by atoms with Gasteiger partial charge < -0.3 is 21.1 Å². The third-order valence-electron chi connectivity index (χ3n) is 0.899. The van der Waals surface area contributed by atoms with Crippen LogP contribution in [0.15, 0.2) is 0 Å². The Labute approximate surface area is 47.6 Å². The second-order valence-electron chi connectivity index (χ2n) is 1.88. The van der Waals surface area contributed by atoms with E-state index in [0.29, 0.717) is 0 Å². The molecule has 0 rings (SSSR count). The number of hydrogen-bond donors (Lipinski definition) is 4. The maximum atomic E-state index is 8.56. The lowest BCUT2D eigenvalue weighted by atomic mass is 10.1. The minimum absolute atomic E-state index is 0.427. The van der Waals surface area contributed by atoms with Gasteiger partial charge in [-0.1, -0.05) is 0 Å². The molecule has 0 saturated heterocycles. The molecule has 4 heteroatoms. The molecule has 4 nitrogen and oxygen atoms in total. The topological polar surface area (TPSA) is 86.7 Å². The zero-order valence-corrected chi connectivity index (χ0v) is 4.70. The van der Waals surface area contributed by atoms with Crippen molar-refractivity contribution in [2.75, 3.05) is 6.61 Å². The number of aliphatic hydroxyl groups excluding tert-OH is 1. The molecule has 0 aliphatic rings. The molecule has 0 amide bonds. The SMILES string of the molecule is CC(O)(O)C(N)CO. The van der Waals surface area contributed by atoms with Gasteiger partial charge in [-0.05, 0) is 6.92 Å². The minimum atomic E-state index is -1.96. The fourth-order valence-electron chi connectivity index (χ4n) is 0.173. The van der Waals surface area contributed by atoms with Crippen molar-refractivity contribution in [3.8, 4) is 0 Å². The van der Waals surface area contributed by atoms with Crippen LogP contribution in [0.2, 0.25) is 0 Å². The molecule has 0 aliphatic carbocycles. The van der Waals surface area contributed by atoms with Crippen molar-refractivity contribution in [2.24, 2.45) is 5.73 Å². The molecule has 0 aromatic carbocycles. The summed E-state index contributed by atoms with van der Waals surface area (Å²) in [6.45, 7) is 0.692. The molecule has 0 bridgehead atoms. The van der Waals surface area contributed by atoms with Gasteiger partial charge in [-0.2, -0.15) is 0 Å². The van der Waals surface area contributed by atoms with E-state index in [-0.39, 0.29) is 0 Å². The maximum absolute atomic E-state index is 8.56. The van der Waals surface area contributed by atoms with Crippen molar-refractivity contribution in [2.45, 2.75) is 18.8 Å². The van der Waals surface area contributed by atoms with E-state index in [1.54, 1.807) is 0 Å². The number of rotatable bonds is 2. The van der Waals surface area contributed by atoms with Gasteiger partial charge in [-0.25, -0.2) is 0 Å². The maximum Gasteiger partial charge on any atom is 0.177 e. The number of nitrogens with two attached hydrogens (primary N) is 1. The molecule has 0 spiro atoms. The smallest absolute Gasteiger partial charge is 0.177 e. The van der Waals surface area contributed by atoms with Gasteiger partial charge in [-0.15, -0.1) is 0 Å². The molecule has 0 aliphatic heterocycles. The molecule has 0 aromatic heterocycles. The first-order chi connectivity index (χ1) is 3.48. The second-order valence-corrected chi connectivity index (χ2v) is 1.88. The highest BCUT2D eigenvalue weighted by Crippen LogP contribution is 1.99. The highest BCUT2D eigenvalue weighted by molar-refractivity contribution is 4.72. The van der Waals surface area contributed by atoms with Gasteiger partial charge >= 0.3 is 0 Å². The summed E-state index contributed by atoms with van der Waals surface area (Å²) >= 11 is 0. The second kappa shape index (κ2) is 2.41. The van der Waals surface area contributed by atoms with E-state index in [4.69, 9.17) is 21.1 Å². The van der Waals surface area contributed by atoms with Crippen LogP contribution in [0.4, 0.5) is 0 Å². The third-order valence-corrected chi connectivity index (χ3v) is 0.899. The minimum Gasteiger partial charge on any atom is -0.395 e. The summed E-state index contributed by atoms with van der Waals surface area (Å²) < 4.78 is 0. The highest BCUT2D eigenvalue weighted by Gasteiger charge is 2.23. The lowest BCUT2D eigenvalue weighted by Gasteiger charge is -2.21. The molecule has 5 N–H and O–H groups in total. The Kier molecular flexibility index (Phi) is 2.36. The molecule has 1 unspecified atom stereocenters. The fourth-order valence-corrected chi connectivity index (χ4v) is 0.173. The Hall–Kier alpha value is -0.160. The van der Waals surface area contributed by atoms with Crippen molar-refractivity contribution < 1.29 is 15.3 Å². The van der Waals surface area contributed by atoms with E-state index in [2.05, 4.69) is 0 Å². The van der Waals surface area contributed by atoms with Crippen LogP contribution in [0.1, 0.15) is 6.92 Å². The predicted molar refractivity (Wildman–Crippen MR) is 27.9 cm³/mol. The lowest BCUT2D eigenvalue weighted by molar-refractivity contribution is -0.167. The van der Waals surface area contributed by atoms with Crippen LogP contribution in [0.3, 0.4) is 0 Å². The molecule has 0 heterocycles. The Balaban J connectivity index is 3.62. The Morgan fingerprint density at radius 3 is 2.00 bits per heavy atom. The number of aliphatic hydroxyl groups is 3. The first-order valence-electron chi connectivity index (χ1n) is 2.29. The van der Waals surface area contributed by atoms with Crippen molar-refractivity contribution in [3.05, 3.63) is 0 Å². The van der Waals surface area contributed by atoms with Crippen molar-refractivity contribution in [1.29, 1.82) is 0 Å². The molecule has 0 fully saturated rings. The highest BCUT2D eigenvalue weighted by atomic mass is 16.5. The fraction of sp³-hybridized carbons (Fsp3) is 1.00. The molecule has 8 heavy (non-hydrogen) atoms. The molecular formula is C4H11NO3. The van der Waals surface area contributed by atoms with Gasteiger partial charge in [0.15, 0.2) is 5.79 Å². The largest absolute Gasteiger partial charge is 0.395 e. The summed E-state index contributed by atoms with van der Waals surface area (Å²) in [6.07, 6.45) is 0. The number of hydrogen-bond acceptors (Lipinski definition) is 4. The monoisotopic (exact) mass is 121 g/mol. The van der Waals surface area contributed by atoms with Gasteiger partial charge in [-0.3, -0.25) is 0 Å². The van der Waals surface area contributed by atoms with Crippen LogP contribution < -0.4 is 5.73 Å². The summed E-state index contributed by atoms with van der Waals surface area (Å²) in [5.74, 6) is -1.96. The van der Waals surface area contributed by atoms with Gasteiger partial charge in [0.25, 0.3) is 0 Å². The van der Waals surface area contributed by atoms with Crippen molar-refractivity contribution in [3.63, 3.8) is 0 Å². The molecule has 50 valence electrons. The summed E-state index contributed by atoms with van der Waals surface area (Å²) in [5.41, 5.74) is 5.00. The standard InChI is InChI=1S/C4H11NO3/c1-4(7,8)3(5)2-6/h3,6-8H,2,5H2,1H3. The van der Waals surface area contributed by atoms with Gasteiger partial charge in [0.05, 0.1) is 12.6 Å². The van der Waals surface area contributed by atoms with Crippen LogP contribution in [0, 0.1) is 0 Å². The average molecular weight is 121 g/mol. The van der Waals surface area contributed by atoms with E-state index in [0.717, 1.165) is 6.92 Å². The zero-order chi connectivity index (χ0) is 6.78. The first kappa shape index (κ1) is 7.84. The lowest BCUT2D eigenvalue weighted by Crippen LogP contribution is -2.47. The summed E-state index contributed by atoms with van der Waals surface area (Å²) in [5, 5.41) is 25.3. The quantitative estimate of drug-likeness (QED) is 0.318. The molecule has 0 radical (unpaired) electrons. The van der Waals surface area contributed by atoms with Crippen LogP contribution in [-0.2, 0) is 0 Å². The normalized spacial score (nSPS) is 16.1. The molecular weight excluding hydrogens is 110 g/mol. The van der Waals surface area contributed by atoms with E-state index in [1.165, 1.54) is 0 Å². The van der Waals surface area contributed by atoms with Crippen molar-refractivity contribution >= 4 is 0 Å². The van der Waals surface area contributed by atoms with Crippen LogP contribution in [-0.4, -0.2) is 33.8 Å². The van der Waals surface area contributed by atoms with E-state index in [1.807, 2.05) is 0 Å². The van der Waals surface area contributed by atoms with Gasteiger partial charge in [0.2, 0.25) is 0 Å². The first-order valence-corrected chi connectivity index (χ1v) is 2.29. The van der Waals surface area contributed by atoms with Gasteiger partial charge in [0.1, 0.15) is 0 Å². The van der Waals surface area contributed by atoms with Crippen LogP contribution >= 0.6 is 0 Å². The van der Waals surface area contributed by atoms with Crippen LogP contribution in [0.25, 0.3) is 0 Å². The Bertz CT molecular complexity index is 68.2. The molecule has 0 aromatic rings. The Morgan fingerprint density at radius 2 is 2.00 bits per heavy atom. The van der Waals surface area contributed by atoms with E-state index in [9.17, 15) is 0 Å². The summed E-state index contributed by atoms with van der Waals surface area (Å²) in [6, 6.07) is -0.984. The van der Waals surface area contributed by atoms with E-state index >= 15 is 0 Å². The zero-order valence-electron chi connectivity index (χ0n) is 4.70. The molecule has 1 atom stereocenters. The van der Waals surface area contributed by atoms with Gasteiger partial charge in [0, 0.05) is 0 Å². The Morgan fingerprint density at radius 1 is 1.62 bits per heavy atom. The predicted octanol–water partition coefficient (Wildman–Crippen LogP) is -1.99. The van der Waals surface area contributed by atoms with Crippen LogP contribution in [0.5, 0.6) is 0 Å².